The maximum absolute atomic E-state index is 14.0. The average Bonchev–Trinajstić information content (AvgIpc) is 2.99. The van der Waals surface area contributed by atoms with E-state index in [4.69, 9.17) is 4.74 Å². The highest BCUT2D eigenvalue weighted by Gasteiger charge is 2.51. The molecule has 5 rings (SSSR count). The van der Waals surface area contributed by atoms with Crippen LogP contribution in [-0.2, 0) is 0 Å². The Morgan fingerprint density at radius 1 is 0.977 bits per heavy atom. The number of ether oxygens (including phenoxy) is 1. The lowest BCUT2D eigenvalue weighted by molar-refractivity contribution is -0.105. The number of methoxy groups -OCH3 is 1. The molecule has 2 saturated heterocycles. The number of carbonyl (C=O) groups is 1. The van der Waals surface area contributed by atoms with E-state index in [1.54, 1.807) is 36.3 Å². The molecule has 2 aliphatic rings. The van der Waals surface area contributed by atoms with E-state index in [-0.39, 0.29) is 42.7 Å². The van der Waals surface area contributed by atoms with Gasteiger partial charge in [-0.25, -0.2) is 13.6 Å². The molecule has 0 bridgehead atoms. The third kappa shape index (κ3) is 6.81. The van der Waals surface area contributed by atoms with E-state index in [2.05, 4.69) is 27.0 Å². The van der Waals surface area contributed by atoms with E-state index < -0.39 is 23.8 Å². The highest BCUT2D eigenvalue weighted by atomic mass is 19.2. The second kappa shape index (κ2) is 13.1. The Morgan fingerprint density at radius 3 is 2.35 bits per heavy atom. The lowest BCUT2D eigenvalue weighted by atomic mass is 9.73. The van der Waals surface area contributed by atoms with Gasteiger partial charge >= 0.3 is 6.03 Å². The number of urea groups is 1. The number of aliphatic hydroxyl groups excluding tert-OH is 2. The number of aliphatic hydroxyl groups is 2. The largest absolute Gasteiger partial charge is 0.497 e. The van der Waals surface area contributed by atoms with Gasteiger partial charge in [0.1, 0.15) is 5.75 Å². The van der Waals surface area contributed by atoms with Crippen LogP contribution in [0.2, 0.25) is 0 Å². The smallest absolute Gasteiger partial charge is 0.321 e. The number of nitrogens with zero attached hydrogens (tertiary/aromatic N) is 3. The summed E-state index contributed by atoms with van der Waals surface area (Å²) in [6.07, 6.45) is -2.12. The summed E-state index contributed by atoms with van der Waals surface area (Å²) < 4.78 is 32.8. The van der Waals surface area contributed by atoms with Crippen LogP contribution in [0.3, 0.4) is 0 Å². The molecule has 3 N–H and O–H groups in total. The number of hydrogen-bond donors (Lipinski definition) is 3. The molecule has 0 aliphatic carbocycles. The number of rotatable bonds is 5. The number of hydrogen-bond acceptors (Lipinski definition) is 6. The lowest BCUT2D eigenvalue weighted by Crippen LogP contribution is -2.71. The number of amides is 2. The second-order valence-corrected chi connectivity index (χ2v) is 11.3. The Labute approximate surface area is 250 Å². The van der Waals surface area contributed by atoms with Gasteiger partial charge in [-0.3, -0.25) is 4.90 Å². The van der Waals surface area contributed by atoms with Crippen molar-refractivity contribution in [2.24, 2.45) is 0 Å². The predicted molar refractivity (Wildman–Crippen MR) is 160 cm³/mol. The summed E-state index contributed by atoms with van der Waals surface area (Å²) in [6, 6.07) is 18.1. The van der Waals surface area contributed by atoms with Crippen molar-refractivity contribution in [2.75, 3.05) is 52.7 Å². The summed E-state index contributed by atoms with van der Waals surface area (Å²) in [5, 5.41) is 24.5. The first kappa shape index (κ1) is 30.4. The molecule has 8 nitrogen and oxygen atoms in total. The van der Waals surface area contributed by atoms with E-state index in [0.29, 0.717) is 30.1 Å². The molecule has 2 amide bonds. The van der Waals surface area contributed by atoms with Crippen LogP contribution in [0.5, 0.6) is 5.75 Å². The van der Waals surface area contributed by atoms with Crippen molar-refractivity contribution in [3.05, 3.63) is 95.1 Å². The number of fused-ring (bicyclic) bond motifs is 1. The van der Waals surface area contributed by atoms with Crippen molar-refractivity contribution in [2.45, 2.75) is 30.2 Å². The summed E-state index contributed by atoms with van der Waals surface area (Å²) in [4.78, 5) is 19.2. The van der Waals surface area contributed by atoms with Gasteiger partial charge in [-0.05, 0) is 68.2 Å². The minimum atomic E-state index is -1.09. The summed E-state index contributed by atoms with van der Waals surface area (Å²) in [7, 11) is 5.54. The van der Waals surface area contributed by atoms with Crippen molar-refractivity contribution >= 4 is 11.7 Å². The molecule has 3 aromatic carbocycles. The van der Waals surface area contributed by atoms with Gasteiger partial charge < -0.3 is 30.1 Å². The molecule has 0 aromatic heterocycles. The number of β-amino-alcohol motifs (C(OH)–C–C–N with tert-alkyl or cyclic N) is 1. The molecule has 2 fully saturated rings. The predicted octanol–water partition coefficient (Wildman–Crippen LogP) is 3.34. The zero-order chi connectivity index (χ0) is 30.7. The molecule has 2 aliphatic heterocycles. The third-order valence-electron chi connectivity index (χ3n) is 8.11. The minimum absolute atomic E-state index is 0.00645. The van der Waals surface area contributed by atoms with Crippen molar-refractivity contribution in [3.8, 4) is 17.6 Å². The second-order valence-electron chi connectivity index (χ2n) is 11.3. The van der Waals surface area contributed by atoms with Gasteiger partial charge in [0.25, 0.3) is 0 Å². The third-order valence-corrected chi connectivity index (χ3v) is 8.11. The van der Waals surface area contributed by atoms with Crippen LogP contribution < -0.4 is 10.1 Å². The van der Waals surface area contributed by atoms with Crippen LogP contribution in [0.25, 0.3) is 0 Å². The Bertz CT molecular complexity index is 1490. The number of halogens is 2. The van der Waals surface area contributed by atoms with Crippen molar-refractivity contribution in [1.29, 1.82) is 0 Å². The number of carbonyl (C=O) groups excluding carboxylic acids is 1. The molecular formula is C33H36F2N4O4. The highest BCUT2D eigenvalue weighted by molar-refractivity contribution is 5.89. The number of likely N-dealkylation sites (N-methyl/N-ethyl adjacent to an activating group) is 1. The molecule has 0 saturated carbocycles. The fourth-order valence-electron chi connectivity index (χ4n) is 5.90. The Morgan fingerprint density at radius 2 is 1.67 bits per heavy atom. The van der Waals surface area contributed by atoms with Gasteiger partial charge in [0, 0.05) is 48.9 Å². The topological polar surface area (TPSA) is 88.5 Å². The fourth-order valence-corrected chi connectivity index (χ4v) is 5.90. The quantitative estimate of drug-likeness (QED) is 0.396. The van der Waals surface area contributed by atoms with E-state index in [0.717, 1.165) is 11.6 Å². The first-order chi connectivity index (χ1) is 20.6. The standard InChI is InChI=1S/C33H36F2N4O4/c1-37(2)17-27-31(22-10-7-21(8-11-22)9-12-23-5-4-6-26(34)32(23)35)28-18-38(19-29(40)30(41)20-39(27)28)33(42)36-24-13-15-25(43-3)16-14-24/h4-8,10-11,13-16,27-31,40-41H,17-20H2,1-3H3,(H,36,42)/t27-,28+,29-,30+,31+/m1/s1. The molecule has 43 heavy (non-hydrogen) atoms. The molecule has 5 atom stereocenters. The Balaban J connectivity index is 1.39. The SMILES string of the molecule is COc1ccc(NC(=O)N2C[C@@H](O)[C@@H](O)CN3[C@H](CN(C)C)[C@H](c4ccc(C#Cc5cccc(F)c5F)cc4)[C@@H]3C2)cc1. The molecule has 0 spiro atoms. The van der Waals surface area contributed by atoms with Crippen molar-refractivity contribution < 1.29 is 28.5 Å². The van der Waals surface area contributed by atoms with Crippen molar-refractivity contribution in [1.82, 2.24) is 14.7 Å². The van der Waals surface area contributed by atoms with Crippen LogP contribution in [0, 0.1) is 23.5 Å². The number of nitrogens with one attached hydrogen (secondary N) is 1. The highest BCUT2D eigenvalue weighted by Crippen LogP contribution is 2.42. The summed E-state index contributed by atoms with van der Waals surface area (Å²) in [5.41, 5.74) is 2.28. The monoisotopic (exact) mass is 590 g/mol. The Hall–Kier alpha value is -4.01. The normalized spacial score (nSPS) is 23.7. The maximum Gasteiger partial charge on any atom is 0.321 e. The molecule has 226 valence electrons. The first-order valence-corrected chi connectivity index (χ1v) is 14.2. The van der Waals surface area contributed by atoms with Gasteiger partial charge in [0.2, 0.25) is 0 Å². The summed E-state index contributed by atoms with van der Waals surface area (Å²) in [5.74, 6) is 4.41. The van der Waals surface area contributed by atoms with Gasteiger partial charge in [-0.2, -0.15) is 0 Å². The van der Waals surface area contributed by atoms with Gasteiger partial charge in [-0.15, -0.1) is 0 Å². The van der Waals surface area contributed by atoms with E-state index in [1.807, 2.05) is 38.4 Å². The van der Waals surface area contributed by atoms with Gasteiger partial charge in [0.15, 0.2) is 11.6 Å². The zero-order valence-corrected chi connectivity index (χ0v) is 24.4. The van der Waals surface area contributed by atoms with Crippen LogP contribution in [0.4, 0.5) is 19.3 Å². The van der Waals surface area contributed by atoms with Crippen molar-refractivity contribution in [3.63, 3.8) is 0 Å². The lowest BCUT2D eigenvalue weighted by Gasteiger charge is -2.59. The van der Waals surface area contributed by atoms with Crippen LogP contribution in [-0.4, -0.2) is 103 Å². The van der Waals surface area contributed by atoms with Gasteiger partial charge in [-0.1, -0.05) is 30.0 Å². The fraction of sp³-hybridized carbons (Fsp3) is 0.364. The van der Waals surface area contributed by atoms with E-state index >= 15 is 0 Å². The molecule has 10 heteroatoms. The first-order valence-electron chi connectivity index (χ1n) is 14.2. The maximum atomic E-state index is 14.0. The summed E-state index contributed by atoms with van der Waals surface area (Å²) >= 11 is 0. The van der Waals surface area contributed by atoms with E-state index in [9.17, 15) is 23.8 Å². The van der Waals surface area contributed by atoms with Crippen LogP contribution in [0.1, 0.15) is 22.6 Å². The average molecular weight is 591 g/mol. The molecule has 3 aromatic rings. The molecule has 2 heterocycles. The van der Waals surface area contributed by atoms with Crippen LogP contribution >= 0.6 is 0 Å². The molecule has 0 radical (unpaired) electrons. The number of benzene rings is 3. The van der Waals surface area contributed by atoms with E-state index in [1.165, 1.54) is 12.1 Å². The zero-order valence-electron chi connectivity index (χ0n) is 24.4. The van der Waals surface area contributed by atoms with Gasteiger partial charge in [0.05, 0.1) is 31.4 Å². The molecular weight excluding hydrogens is 554 g/mol. The molecule has 0 unspecified atom stereocenters. The minimum Gasteiger partial charge on any atom is -0.497 e. The number of anilines is 1. The Kier molecular flexibility index (Phi) is 9.28. The van der Waals surface area contributed by atoms with Crippen LogP contribution in [0.15, 0.2) is 66.7 Å². The summed E-state index contributed by atoms with van der Waals surface area (Å²) in [6.45, 7) is 1.34.